The number of ether oxygens (including phenoxy) is 1. The van der Waals surface area contributed by atoms with Crippen molar-refractivity contribution in [2.75, 3.05) is 0 Å². The average molecular weight is 222 g/mol. The molecule has 1 saturated carbocycles. The van der Waals surface area contributed by atoms with Crippen molar-refractivity contribution in [2.24, 2.45) is 11.8 Å². The summed E-state index contributed by atoms with van der Waals surface area (Å²) in [6.07, 6.45) is 5.62. The Bertz CT molecular complexity index is 323. The number of rotatable bonds is 1. The van der Waals surface area contributed by atoms with Crippen LogP contribution in [0.2, 0.25) is 0 Å². The molecule has 1 saturated heterocycles. The van der Waals surface area contributed by atoms with Crippen LogP contribution in [-0.4, -0.2) is 17.0 Å². The van der Waals surface area contributed by atoms with Crippen molar-refractivity contribution in [3.05, 3.63) is 12.7 Å². The van der Waals surface area contributed by atoms with Crippen molar-refractivity contribution in [2.45, 2.75) is 57.7 Å². The van der Waals surface area contributed by atoms with Crippen LogP contribution in [0.1, 0.15) is 46.5 Å². The summed E-state index contributed by atoms with van der Waals surface area (Å²) in [7, 11) is 0. The minimum absolute atomic E-state index is 0.140. The van der Waals surface area contributed by atoms with Crippen molar-refractivity contribution in [3.63, 3.8) is 0 Å². The zero-order valence-corrected chi connectivity index (χ0v) is 10.6. The molecule has 2 aliphatic rings. The van der Waals surface area contributed by atoms with Crippen LogP contribution in [-0.2, 0) is 9.53 Å². The SMILES string of the molecule is C=C[C@@]1(C)CC[C@]2(CC[C@H](C)[C@@H](C)C2=O)O1. The molecule has 1 aliphatic carbocycles. The Labute approximate surface area is 98.1 Å². The maximum Gasteiger partial charge on any atom is 0.167 e. The molecule has 1 spiro atoms. The predicted octanol–water partition coefficient (Wildman–Crippen LogP) is 3.12. The molecule has 4 atom stereocenters. The highest BCUT2D eigenvalue weighted by Crippen LogP contribution is 2.47. The maximum absolute atomic E-state index is 12.4. The van der Waals surface area contributed by atoms with E-state index < -0.39 is 5.60 Å². The molecule has 0 aromatic heterocycles. The van der Waals surface area contributed by atoms with E-state index in [1.807, 2.05) is 19.9 Å². The van der Waals surface area contributed by atoms with Crippen molar-refractivity contribution in [1.82, 2.24) is 0 Å². The second-order valence-corrected chi connectivity index (χ2v) is 5.78. The van der Waals surface area contributed by atoms with Crippen LogP contribution in [0.3, 0.4) is 0 Å². The molecule has 90 valence electrons. The molecule has 2 fully saturated rings. The fourth-order valence-corrected chi connectivity index (χ4v) is 3.00. The number of ketones is 1. The molecule has 0 aromatic rings. The second kappa shape index (κ2) is 3.69. The maximum atomic E-state index is 12.4. The van der Waals surface area contributed by atoms with Crippen LogP contribution in [0.4, 0.5) is 0 Å². The van der Waals surface area contributed by atoms with Gasteiger partial charge in [0.15, 0.2) is 5.78 Å². The van der Waals surface area contributed by atoms with Crippen LogP contribution in [0.5, 0.6) is 0 Å². The quantitative estimate of drug-likeness (QED) is 0.637. The summed E-state index contributed by atoms with van der Waals surface area (Å²) in [4.78, 5) is 12.4. The van der Waals surface area contributed by atoms with Crippen molar-refractivity contribution < 1.29 is 9.53 Å². The summed E-state index contributed by atoms with van der Waals surface area (Å²) in [6.45, 7) is 10.1. The van der Waals surface area contributed by atoms with Gasteiger partial charge in [-0.2, -0.15) is 0 Å². The molecular weight excluding hydrogens is 200 g/mol. The molecular formula is C14H22O2. The van der Waals surface area contributed by atoms with Crippen molar-refractivity contribution >= 4 is 5.78 Å². The molecule has 1 aliphatic heterocycles. The lowest BCUT2D eigenvalue weighted by molar-refractivity contribution is -0.159. The van der Waals surface area contributed by atoms with Crippen LogP contribution in [0.25, 0.3) is 0 Å². The van der Waals surface area contributed by atoms with E-state index in [4.69, 9.17) is 4.74 Å². The summed E-state index contributed by atoms with van der Waals surface area (Å²) < 4.78 is 6.09. The molecule has 0 unspecified atom stereocenters. The summed E-state index contributed by atoms with van der Waals surface area (Å²) in [5, 5.41) is 0. The molecule has 1 heterocycles. The first kappa shape index (κ1) is 11.8. The molecule has 2 rings (SSSR count). The summed E-state index contributed by atoms with van der Waals surface area (Å²) in [5.74, 6) is 0.954. The Morgan fingerprint density at radius 1 is 1.38 bits per heavy atom. The van der Waals surface area contributed by atoms with Crippen LogP contribution < -0.4 is 0 Å². The van der Waals surface area contributed by atoms with E-state index >= 15 is 0 Å². The third-order valence-electron chi connectivity index (χ3n) is 4.61. The highest BCUT2D eigenvalue weighted by Gasteiger charge is 2.53. The van der Waals surface area contributed by atoms with E-state index in [0.29, 0.717) is 11.7 Å². The zero-order chi connectivity index (χ0) is 12.0. The Hall–Kier alpha value is -0.630. The molecule has 0 amide bonds. The van der Waals surface area contributed by atoms with Gasteiger partial charge in [0.2, 0.25) is 0 Å². The summed E-state index contributed by atoms with van der Waals surface area (Å²) in [6, 6.07) is 0. The smallest absolute Gasteiger partial charge is 0.167 e. The number of hydrogen-bond acceptors (Lipinski definition) is 2. The van der Waals surface area contributed by atoms with Crippen molar-refractivity contribution in [1.29, 1.82) is 0 Å². The average Bonchev–Trinajstić information content (AvgIpc) is 2.62. The second-order valence-electron chi connectivity index (χ2n) is 5.78. The van der Waals surface area contributed by atoms with E-state index in [1.54, 1.807) is 0 Å². The normalized spacial score (nSPS) is 48.6. The van der Waals surface area contributed by atoms with Gasteiger partial charge in [-0.1, -0.05) is 19.9 Å². The first-order chi connectivity index (χ1) is 7.42. The lowest BCUT2D eigenvalue weighted by atomic mass is 9.71. The van der Waals surface area contributed by atoms with Crippen LogP contribution >= 0.6 is 0 Å². The molecule has 2 nitrogen and oxygen atoms in total. The number of Topliss-reactive ketones (excluding diaryl/α,β-unsaturated/α-hetero) is 1. The monoisotopic (exact) mass is 222 g/mol. The number of carbonyl (C=O) groups is 1. The van der Waals surface area contributed by atoms with Crippen LogP contribution in [0, 0.1) is 11.8 Å². The third-order valence-corrected chi connectivity index (χ3v) is 4.61. The van der Waals surface area contributed by atoms with E-state index in [9.17, 15) is 4.79 Å². The highest BCUT2D eigenvalue weighted by molar-refractivity contribution is 5.90. The standard InChI is InChI=1S/C14H22O2/c1-5-13(4)8-9-14(16-13)7-6-10(2)11(3)12(14)15/h5,10-11H,1,6-9H2,2-4H3/t10-,11+,13-,14-/m0/s1. The van der Waals surface area contributed by atoms with E-state index in [-0.39, 0.29) is 11.5 Å². The molecule has 0 N–H and O–H groups in total. The molecule has 2 heteroatoms. The Balaban J connectivity index is 2.22. The lowest BCUT2D eigenvalue weighted by Gasteiger charge is -2.39. The minimum atomic E-state index is -0.491. The van der Waals surface area contributed by atoms with Gasteiger partial charge in [0.05, 0.1) is 5.60 Å². The number of carbonyl (C=O) groups excluding carboxylic acids is 1. The fourth-order valence-electron chi connectivity index (χ4n) is 3.00. The zero-order valence-electron chi connectivity index (χ0n) is 10.6. The topological polar surface area (TPSA) is 26.3 Å². The Morgan fingerprint density at radius 2 is 2.06 bits per heavy atom. The van der Waals surface area contributed by atoms with Gasteiger partial charge < -0.3 is 4.74 Å². The van der Waals surface area contributed by atoms with Crippen molar-refractivity contribution in [3.8, 4) is 0 Å². The van der Waals surface area contributed by atoms with Gasteiger partial charge in [0, 0.05) is 5.92 Å². The first-order valence-electron chi connectivity index (χ1n) is 6.30. The van der Waals surface area contributed by atoms with Gasteiger partial charge in [-0.05, 0) is 38.5 Å². The Kier molecular flexibility index (Phi) is 2.73. The molecule has 0 radical (unpaired) electrons. The minimum Gasteiger partial charge on any atom is -0.357 e. The lowest BCUT2D eigenvalue weighted by Crippen LogP contribution is -2.48. The predicted molar refractivity (Wildman–Crippen MR) is 64.2 cm³/mol. The van der Waals surface area contributed by atoms with Gasteiger partial charge in [-0.25, -0.2) is 0 Å². The van der Waals surface area contributed by atoms with Gasteiger partial charge in [-0.3, -0.25) is 4.79 Å². The van der Waals surface area contributed by atoms with Gasteiger partial charge in [0.1, 0.15) is 5.60 Å². The molecule has 16 heavy (non-hydrogen) atoms. The van der Waals surface area contributed by atoms with Gasteiger partial charge in [-0.15, -0.1) is 6.58 Å². The summed E-state index contributed by atoms with van der Waals surface area (Å²) in [5.41, 5.74) is -0.787. The first-order valence-corrected chi connectivity index (χ1v) is 6.30. The Morgan fingerprint density at radius 3 is 2.62 bits per heavy atom. The van der Waals surface area contributed by atoms with Gasteiger partial charge in [0.25, 0.3) is 0 Å². The third kappa shape index (κ3) is 1.64. The fraction of sp³-hybridized carbons (Fsp3) is 0.786. The largest absolute Gasteiger partial charge is 0.357 e. The van der Waals surface area contributed by atoms with E-state index in [1.165, 1.54) is 0 Å². The summed E-state index contributed by atoms with van der Waals surface area (Å²) >= 11 is 0. The van der Waals surface area contributed by atoms with Gasteiger partial charge >= 0.3 is 0 Å². The molecule has 0 aromatic carbocycles. The highest BCUT2D eigenvalue weighted by atomic mass is 16.5. The number of hydrogen-bond donors (Lipinski definition) is 0. The van der Waals surface area contributed by atoms with E-state index in [0.717, 1.165) is 25.7 Å². The van der Waals surface area contributed by atoms with E-state index in [2.05, 4.69) is 13.5 Å². The van der Waals surface area contributed by atoms with Crippen LogP contribution in [0.15, 0.2) is 12.7 Å². The molecule has 0 bridgehead atoms.